The van der Waals surface area contributed by atoms with Crippen LogP contribution in [0.25, 0.3) is 5.82 Å². The zero-order chi connectivity index (χ0) is 28.5. The van der Waals surface area contributed by atoms with Gasteiger partial charge in [-0.2, -0.15) is 0 Å². The van der Waals surface area contributed by atoms with Crippen LogP contribution in [0.1, 0.15) is 34.7 Å². The Kier molecular flexibility index (Phi) is 7.25. The maximum absolute atomic E-state index is 11.0. The molecule has 3 aromatic heterocycles. The van der Waals surface area contributed by atoms with Gasteiger partial charge in [0.1, 0.15) is 5.82 Å². The smallest absolute Gasteiger partial charge is 0.269 e. The molecule has 6 rings (SSSR count). The van der Waals surface area contributed by atoms with Crippen LogP contribution in [-0.2, 0) is 0 Å². The van der Waals surface area contributed by atoms with Gasteiger partial charge in [0.15, 0.2) is 5.11 Å². The number of anilines is 1. The number of benzene rings is 2. The highest BCUT2D eigenvalue weighted by Crippen LogP contribution is 2.44. The summed E-state index contributed by atoms with van der Waals surface area (Å²) in [4.78, 5) is 24.0. The Balaban J connectivity index is 1.37. The minimum atomic E-state index is -0.390. The largest absolute Gasteiger partial charge is 0.351 e. The van der Waals surface area contributed by atoms with E-state index >= 15 is 0 Å². The molecule has 2 atom stereocenters. The topological polar surface area (TPSA) is 89.1 Å². The number of pyridine rings is 2. The highest BCUT2D eigenvalue weighted by Gasteiger charge is 2.42. The third kappa shape index (κ3) is 5.19. The van der Waals surface area contributed by atoms with Crippen molar-refractivity contribution in [2.75, 3.05) is 4.90 Å². The minimum Gasteiger partial charge on any atom is -0.351 e. The number of aromatic nitrogens is 3. The molecule has 1 saturated heterocycles. The predicted octanol–water partition coefficient (Wildman–Crippen LogP) is 7.12. The van der Waals surface area contributed by atoms with Gasteiger partial charge < -0.3 is 14.8 Å². The molecule has 0 saturated carbocycles. The van der Waals surface area contributed by atoms with E-state index in [1.807, 2.05) is 48.5 Å². The number of hydrogen-bond acceptors (Lipinski definition) is 6. The number of nitro benzene ring substituents is 1. The molecule has 2 unspecified atom stereocenters. The van der Waals surface area contributed by atoms with Crippen molar-refractivity contribution >= 4 is 40.5 Å². The summed E-state index contributed by atoms with van der Waals surface area (Å²) >= 11 is 7.48. The average molecular weight is 579 g/mol. The molecule has 4 heterocycles. The quantitative estimate of drug-likeness (QED) is 0.124. The second kappa shape index (κ2) is 11.1. The van der Waals surface area contributed by atoms with Crippen LogP contribution in [0.3, 0.4) is 0 Å². The van der Waals surface area contributed by atoms with Gasteiger partial charge in [0.25, 0.3) is 5.69 Å². The van der Waals surface area contributed by atoms with E-state index in [2.05, 4.69) is 56.8 Å². The Morgan fingerprint density at radius 1 is 0.902 bits per heavy atom. The molecule has 10 heteroatoms. The average Bonchev–Trinajstić information content (AvgIpc) is 3.49. The van der Waals surface area contributed by atoms with Crippen molar-refractivity contribution in [2.24, 2.45) is 0 Å². The van der Waals surface area contributed by atoms with Gasteiger partial charge >= 0.3 is 0 Å². The maximum atomic E-state index is 11.0. The van der Waals surface area contributed by atoms with Gasteiger partial charge in [-0.15, -0.1) is 0 Å². The van der Waals surface area contributed by atoms with Gasteiger partial charge in [-0.1, -0.05) is 23.9 Å². The lowest BCUT2D eigenvalue weighted by Crippen LogP contribution is -2.29. The number of aryl methyl sites for hydroxylation is 1. The van der Waals surface area contributed by atoms with Crippen LogP contribution >= 0.6 is 24.0 Å². The molecule has 0 radical (unpaired) electrons. The number of nitrogens with one attached hydrogen (secondary N) is 1. The summed E-state index contributed by atoms with van der Waals surface area (Å²) in [6.45, 7) is 4.21. The predicted molar refractivity (Wildman–Crippen MR) is 165 cm³/mol. The standard InChI is InChI=1S/C31H26N6O2S2/c1-20-19-26(21(2)35(20)28-8-4-6-18-33-28)30-29(27-7-3-5-17-32-27)34-31(40)36(30)22-9-13-24(14-10-22)41-25-15-11-23(12-16-25)37(38)39/h3-19,29-30H,1-2H3,(H,34,40). The molecule has 0 amide bonds. The van der Waals surface area contributed by atoms with E-state index in [4.69, 9.17) is 12.2 Å². The van der Waals surface area contributed by atoms with E-state index in [9.17, 15) is 10.1 Å². The fourth-order valence-corrected chi connectivity index (χ4v) is 6.48. The Bertz CT molecular complexity index is 1710. The third-order valence-electron chi connectivity index (χ3n) is 7.16. The van der Waals surface area contributed by atoms with Crippen molar-refractivity contribution in [2.45, 2.75) is 35.7 Å². The van der Waals surface area contributed by atoms with E-state index in [0.717, 1.165) is 43.9 Å². The number of rotatable bonds is 7. The lowest BCUT2D eigenvalue weighted by atomic mass is 9.96. The highest BCUT2D eigenvalue weighted by atomic mass is 32.2. The summed E-state index contributed by atoms with van der Waals surface area (Å²) in [7, 11) is 0. The summed E-state index contributed by atoms with van der Waals surface area (Å²) in [5, 5.41) is 15.2. The number of nitrogens with zero attached hydrogens (tertiary/aromatic N) is 5. The number of hydrogen-bond donors (Lipinski definition) is 1. The minimum absolute atomic E-state index is 0.0793. The van der Waals surface area contributed by atoms with E-state index < -0.39 is 4.92 Å². The first-order valence-electron chi connectivity index (χ1n) is 13.0. The highest BCUT2D eigenvalue weighted by molar-refractivity contribution is 7.99. The van der Waals surface area contributed by atoms with Crippen molar-refractivity contribution in [1.29, 1.82) is 0 Å². The summed E-state index contributed by atoms with van der Waals surface area (Å²) in [6, 6.07) is 28.6. The second-order valence-corrected chi connectivity index (χ2v) is 11.2. The molecule has 204 valence electrons. The molecule has 0 aliphatic carbocycles. The molecular formula is C31H26N6O2S2. The SMILES string of the molecule is Cc1cc(C2C(c3ccccn3)NC(=S)N2c2ccc(Sc3ccc([N+](=O)[O-])cc3)cc2)c(C)n1-c1ccccn1. The van der Waals surface area contributed by atoms with Gasteiger partial charge in [0.2, 0.25) is 0 Å². The normalized spacial score (nSPS) is 16.5. The number of nitro groups is 1. The van der Waals surface area contributed by atoms with Crippen LogP contribution in [0.5, 0.6) is 0 Å². The molecule has 0 spiro atoms. The molecule has 5 aromatic rings. The number of non-ortho nitro benzene ring substituents is 1. The fraction of sp³-hybridized carbons (Fsp3) is 0.129. The van der Waals surface area contributed by atoms with Gasteiger partial charge in [0.05, 0.1) is 22.7 Å². The maximum Gasteiger partial charge on any atom is 0.269 e. The Labute approximate surface area is 247 Å². The number of thiocarbonyl (C=S) groups is 1. The first-order chi connectivity index (χ1) is 19.9. The third-order valence-corrected chi connectivity index (χ3v) is 8.49. The van der Waals surface area contributed by atoms with E-state index in [1.165, 1.54) is 12.1 Å². The summed E-state index contributed by atoms with van der Waals surface area (Å²) in [6.07, 6.45) is 3.61. The van der Waals surface area contributed by atoms with Gasteiger partial charge in [0, 0.05) is 51.4 Å². The van der Waals surface area contributed by atoms with E-state index in [1.54, 1.807) is 36.3 Å². The summed E-state index contributed by atoms with van der Waals surface area (Å²) in [5.41, 5.74) is 5.27. The second-order valence-electron chi connectivity index (χ2n) is 9.69. The molecule has 1 N–H and O–H groups in total. The van der Waals surface area contributed by atoms with Crippen molar-refractivity contribution in [3.05, 3.63) is 136 Å². The van der Waals surface area contributed by atoms with Crippen LogP contribution < -0.4 is 10.2 Å². The van der Waals surface area contributed by atoms with Crippen LogP contribution in [-0.4, -0.2) is 24.6 Å². The van der Waals surface area contributed by atoms with Crippen LogP contribution in [0.2, 0.25) is 0 Å². The lowest BCUT2D eigenvalue weighted by Gasteiger charge is -2.28. The molecule has 2 aromatic carbocycles. The van der Waals surface area contributed by atoms with E-state index in [0.29, 0.717) is 5.11 Å². The summed E-state index contributed by atoms with van der Waals surface area (Å²) in [5.74, 6) is 0.871. The van der Waals surface area contributed by atoms with Crippen molar-refractivity contribution in [3.63, 3.8) is 0 Å². The van der Waals surface area contributed by atoms with Crippen LogP contribution in [0.4, 0.5) is 11.4 Å². The van der Waals surface area contributed by atoms with Crippen molar-refractivity contribution < 1.29 is 4.92 Å². The molecule has 8 nitrogen and oxygen atoms in total. The molecule has 41 heavy (non-hydrogen) atoms. The van der Waals surface area contributed by atoms with Gasteiger partial charge in [-0.05, 0) is 98.4 Å². The molecule has 1 aliphatic heterocycles. The Morgan fingerprint density at radius 2 is 1.56 bits per heavy atom. The van der Waals surface area contributed by atoms with Gasteiger partial charge in [-0.3, -0.25) is 15.1 Å². The Morgan fingerprint density at radius 3 is 2.17 bits per heavy atom. The Hall–Kier alpha value is -4.54. The first kappa shape index (κ1) is 26.7. The molecule has 1 fully saturated rings. The van der Waals surface area contributed by atoms with E-state index in [-0.39, 0.29) is 17.8 Å². The van der Waals surface area contributed by atoms with Gasteiger partial charge in [-0.25, -0.2) is 4.98 Å². The zero-order valence-corrected chi connectivity index (χ0v) is 24.0. The monoisotopic (exact) mass is 578 g/mol. The first-order valence-corrected chi connectivity index (χ1v) is 14.3. The van der Waals surface area contributed by atoms with Crippen LogP contribution in [0, 0.1) is 24.0 Å². The van der Waals surface area contributed by atoms with Crippen molar-refractivity contribution in [1.82, 2.24) is 19.9 Å². The van der Waals surface area contributed by atoms with Crippen molar-refractivity contribution in [3.8, 4) is 5.82 Å². The van der Waals surface area contributed by atoms with Crippen LogP contribution in [0.15, 0.2) is 113 Å². The summed E-state index contributed by atoms with van der Waals surface area (Å²) < 4.78 is 2.17. The molecule has 0 bridgehead atoms. The molecular weight excluding hydrogens is 553 g/mol. The molecule has 1 aliphatic rings. The zero-order valence-electron chi connectivity index (χ0n) is 22.3. The lowest BCUT2D eigenvalue weighted by molar-refractivity contribution is -0.384. The fourth-order valence-electron chi connectivity index (χ4n) is 5.32.